The number of carbonyl (C=O) groups excluding carboxylic acids is 1. The van der Waals surface area contributed by atoms with Crippen LogP contribution in [0.3, 0.4) is 0 Å². The van der Waals surface area contributed by atoms with E-state index >= 15 is 0 Å². The van der Waals surface area contributed by atoms with Gasteiger partial charge in [0, 0.05) is 12.8 Å². The Morgan fingerprint density at radius 1 is 0.952 bits per heavy atom. The second-order valence-corrected chi connectivity index (χ2v) is 5.53. The van der Waals surface area contributed by atoms with Gasteiger partial charge in [-0.1, -0.05) is 42.5 Å². The molecule has 2 bridgehead atoms. The van der Waals surface area contributed by atoms with Crippen molar-refractivity contribution < 1.29 is 9.90 Å². The molecule has 5 rings (SSSR count). The molecule has 21 heavy (non-hydrogen) atoms. The Balaban J connectivity index is 1.99. The molecule has 0 radical (unpaired) electrons. The number of carbonyl (C=O) groups is 1. The van der Waals surface area contributed by atoms with Gasteiger partial charge in [-0.05, 0) is 5.56 Å². The third-order valence-corrected chi connectivity index (χ3v) is 4.21. The van der Waals surface area contributed by atoms with Crippen LogP contribution < -0.4 is 5.56 Å². The summed E-state index contributed by atoms with van der Waals surface area (Å²) in [5.74, 6) is 0.0616. The molecule has 0 saturated heterocycles. The summed E-state index contributed by atoms with van der Waals surface area (Å²) in [6.45, 7) is 0. The van der Waals surface area contributed by atoms with E-state index in [2.05, 4.69) is 0 Å². The van der Waals surface area contributed by atoms with Crippen LogP contribution in [0.5, 0.6) is 5.88 Å². The number of aromatic hydroxyl groups is 1. The summed E-state index contributed by atoms with van der Waals surface area (Å²) in [5.41, 5.74) is 0.759. The fourth-order valence-electron chi connectivity index (χ4n) is 3.29. The lowest BCUT2D eigenvalue weighted by Gasteiger charge is -2.23. The summed E-state index contributed by atoms with van der Waals surface area (Å²) in [5, 5.41) is 10.5. The number of fused-ring (bicyclic) bond motifs is 2. The molecular weight excluding hydrogens is 268 g/mol. The zero-order chi connectivity index (χ0) is 14.6. The van der Waals surface area contributed by atoms with Crippen molar-refractivity contribution >= 4 is 5.78 Å². The molecule has 0 saturated carbocycles. The maximum Gasteiger partial charge on any atom is 0.279 e. The average Bonchev–Trinajstić information content (AvgIpc) is 2.62. The molecule has 0 spiro atoms. The van der Waals surface area contributed by atoms with Gasteiger partial charge in [0.1, 0.15) is 11.3 Å². The highest BCUT2D eigenvalue weighted by atomic mass is 16.3. The topological polar surface area (TPSA) is 64.2 Å². The first-order valence-corrected chi connectivity index (χ1v) is 6.98. The highest BCUT2D eigenvalue weighted by Gasteiger charge is 2.35. The predicted molar refractivity (Wildman–Crippen MR) is 77.2 cm³/mol. The van der Waals surface area contributed by atoms with Gasteiger partial charge in [0.15, 0.2) is 0 Å². The first-order valence-electron chi connectivity index (χ1n) is 6.98. The van der Waals surface area contributed by atoms with Crippen molar-refractivity contribution in [2.45, 2.75) is 24.9 Å². The van der Waals surface area contributed by atoms with Crippen LogP contribution in [0.4, 0.5) is 0 Å². The summed E-state index contributed by atoms with van der Waals surface area (Å²) in [6, 6.07) is 8.56. The number of rotatable bonds is 1. The number of aromatic nitrogens is 2. The Kier molecular flexibility index (Phi) is 2.45. The van der Waals surface area contributed by atoms with Gasteiger partial charge >= 0.3 is 0 Å². The number of ketones is 1. The zero-order valence-electron chi connectivity index (χ0n) is 11.3. The van der Waals surface area contributed by atoms with Crippen molar-refractivity contribution in [3.63, 3.8) is 0 Å². The van der Waals surface area contributed by atoms with Crippen LogP contribution in [0.15, 0.2) is 47.3 Å². The highest BCUT2D eigenvalue weighted by Crippen LogP contribution is 2.38. The molecular formula is C16H14N2O3. The molecule has 5 heteroatoms. The highest BCUT2D eigenvalue weighted by molar-refractivity contribution is 5.81. The minimum atomic E-state index is -0.299. The van der Waals surface area contributed by atoms with Crippen molar-refractivity contribution in [1.29, 1.82) is 0 Å². The van der Waals surface area contributed by atoms with E-state index in [1.165, 1.54) is 4.68 Å². The lowest BCUT2D eigenvalue weighted by atomic mass is 10.1. The first kappa shape index (κ1) is 12.2. The van der Waals surface area contributed by atoms with Crippen LogP contribution in [0.1, 0.15) is 24.9 Å². The van der Waals surface area contributed by atoms with Crippen molar-refractivity contribution in [2.24, 2.45) is 0 Å². The van der Waals surface area contributed by atoms with E-state index in [9.17, 15) is 14.7 Å². The zero-order valence-corrected chi connectivity index (χ0v) is 11.3. The number of allylic oxidation sites excluding steroid dienone is 2. The Morgan fingerprint density at radius 3 is 2.24 bits per heavy atom. The number of Topliss-reactive ketones (excluding diaryl/α,β-unsaturated/α-hetero) is 1. The van der Waals surface area contributed by atoms with E-state index in [1.807, 2.05) is 30.4 Å². The molecule has 1 aliphatic carbocycles. The number of hydrogen-bond acceptors (Lipinski definition) is 3. The van der Waals surface area contributed by atoms with Crippen LogP contribution in [0, 0.1) is 0 Å². The van der Waals surface area contributed by atoms with Gasteiger partial charge in [-0.25, -0.2) is 9.36 Å². The molecule has 2 aliphatic heterocycles. The van der Waals surface area contributed by atoms with Crippen LogP contribution in [0.2, 0.25) is 0 Å². The number of nitrogens with zero attached hydrogens (tertiary/aromatic N) is 2. The maximum atomic E-state index is 12.7. The van der Waals surface area contributed by atoms with Crippen LogP contribution in [0.25, 0.3) is 11.1 Å². The molecule has 2 atom stereocenters. The maximum absolute atomic E-state index is 12.7. The fourth-order valence-corrected chi connectivity index (χ4v) is 3.29. The van der Waals surface area contributed by atoms with Gasteiger partial charge in [0.2, 0.25) is 5.88 Å². The SMILES string of the molecule is O=C1CC2C=CC(C1)n1c(=O)c(-c3ccccc3)c(O)n12. The van der Waals surface area contributed by atoms with E-state index < -0.39 is 0 Å². The van der Waals surface area contributed by atoms with Crippen molar-refractivity contribution in [3.8, 4) is 17.0 Å². The molecule has 1 N–H and O–H groups in total. The van der Waals surface area contributed by atoms with E-state index in [1.54, 1.807) is 16.8 Å². The molecule has 0 amide bonds. The fraction of sp³-hybridized carbons (Fsp3) is 0.250. The summed E-state index contributed by atoms with van der Waals surface area (Å²) in [4.78, 5) is 24.6. The lowest BCUT2D eigenvalue weighted by molar-refractivity contribution is -0.119. The normalized spacial score (nSPS) is 23.1. The van der Waals surface area contributed by atoms with E-state index in [-0.39, 0.29) is 29.3 Å². The average molecular weight is 282 g/mol. The molecule has 2 aromatic rings. The van der Waals surface area contributed by atoms with Gasteiger partial charge in [0.05, 0.1) is 12.1 Å². The molecule has 3 heterocycles. The molecule has 1 aromatic carbocycles. The molecule has 1 aromatic heterocycles. The number of hydrogen-bond donors (Lipinski definition) is 1. The van der Waals surface area contributed by atoms with E-state index in [0.29, 0.717) is 24.0 Å². The third-order valence-electron chi connectivity index (χ3n) is 4.21. The van der Waals surface area contributed by atoms with Crippen molar-refractivity contribution in [2.75, 3.05) is 0 Å². The third kappa shape index (κ3) is 1.63. The standard InChI is InChI=1S/C16H14N2O3/c19-13-8-11-6-7-12(9-13)18-16(21)14(15(20)17(11)18)10-4-2-1-3-5-10/h1-7,11-12,20H,8-9H2. The minimum absolute atomic E-state index is 0.0553. The van der Waals surface area contributed by atoms with Crippen LogP contribution in [-0.4, -0.2) is 20.3 Å². The Labute approximate surface area is 120 Å². The molecule has 3 aliphatic rings. The summed E-state index contributed by atoms with van der Waals surface area (Å²) >= 11 is 0. The molecule has 106 valence electrons. The van der Waals surface area contributed by atoms with Gasteiger partial charge in [0.25, 0.3) is 5.56 Å². The Hall–Kier alpha value is -2.56. The smallest absolute Gasteiger partial charge is 0.279 e. The van der Waals surface area contributed by atoms with E-state index in [4.69, 9.17) is 0 Å². The lowest BCUT2D eigenvalue weighted by Crippen LogP contribution is -2.29. The van der Waals surface area contributed by atoms with Gasteiger partial charge < -0.3 is 5.11 Å². The largest absolute Gasteiger partial charge is 0.493 e. The first-order chi connectivity index (χ1) is 10.2. The van der Waals surface area contributed by atoms with E-state index in [0.717, 1.165) is 0 Å². The Bertz CT molecular complexity index is 814. The Morgan fingerprint density at radius 2 is 1.57 bits per heavy atom. The second kappa shape index (κ2) is 4.22. The summed E-state index contributed by atoms with van der Waals surface area (Å²) in [6.07, 6.45) is 4.43. The number of benzene rings is 1. The predicted octanol–water partition coefficient (Wildman–Crippen LogP) is 2.04. The summed E-state index contributed by atoms with van der Waals surface area (Å²) < 4.78 is 3.09. The van der Waals surface area contributed by atoms with Crippen LogP contribution >= 0.6 is 0 Å². The van der Waals surface area contributed by atoms with Crippen LogP contribution in [-0.2, 0) is 4.79 Å². The molecule has 0 fully saturated rings. The van der Waals surface area contributed by atoms with Gasteiger partial charge in [-0.15, -0.1) is 0 Å². The van der Waals surface area contributed by atoms with Crippen molar-refractivity contribution in [3.05, 3.63) is 52.8 Å². The van der Waals surface area contributed by atoms with Crippen molar-refractivity contribution in [1.82, 2.24) is 9.36 Å². The molecule has 2 unspecified atom stereocenters. The van der Waals surface area contributed by atoms with Gasteiger partial charge in [-0.2, -0.15) is 0 Å². The second-order valence-electron chi connectivity index (χ2n) is 5.53. The van der Waals surface area contributed by atoms with Gasteiger partial charge in [-0.3, -0.25) is 9.59 Å². The molecule has 5 nitrogen and oxygen atoms in total. The summed E-state index contributed by atoms with van der Waals surface area (Å²) in [7, 11) is 0. The monoisotopic (exact) mass is 282 g/mol. The quantitative estimate of drug-likeness (QED) is 0.814. The minimum Gasteiger partial charge on any atom is -0.493 e.